The standard InChI is InChI=1S/C31H40N2O6/c1-30(2,3)38-27(34)20-37-26-15-11-10-14-22(26)28(35)33-19-23(21-12-8-7-9-13-21)24-18-32(17-16-25(24)33)29(36)39-31(4,5)6/h7-15,23-25H,16-20H2,1-6H3/t23-,24-,25-/m0/s1. The predicted molar refractivity (Wildman–Crippen MR) is 148 cm³/mol. The van der Waals surface area contributed by atoms with Crippen molar-refractivity contribution in [3.8, 4) is 5.75 Å². The van der Waals surface area contributed by atoms with Gasteiger partial charge in [0.05, 0.1) is 5.56 Å². The molecule has 2 aliphatic heterocycles. The number of hydrogen-bond acceptors (Lipinski definition) is 6. The van der Waals surface area contributed by atoms with E-state index in [4.69, 9.17) is 14.2 Å². The molecular weight excluding hydrogens is 496 g/mol. The van der Waals surface area contributed by atoms with E-state index in [2.05, 4.69) is 12.1 Å². The Bertz CT molecular complexity index is 1180. The quantitative estimate of drug-likeness (QED) is 0.484. The molecule has 2 fully saturated rings. The number of ether oxygens (including phenoxy) is 3. The van der Waals surface area contributed by atoms with Gasteiger partial charge in [-0.2, -0.15) is 0 Å². The Morgan fingerprint density at radius 1 is 0.846 bits per heavy atom. The zero-order valence-electron chi connectivity index (χ0n) is 23.8. The van der Waals surface area contributed by atoms with Crippen LogP contribution in [0.4, 0.5) is 4.79 Å². The number of likely N-dealkylation sites (tertiary alicyclic amines) is 2. The summed E-state index contributed by atoms with van der Waals surface area (Å²) in [6.45, 7) is 12.2. The van der Waals surface area contributed by atoms with Gasteiger partial charge in [0, 0.05) is 37.5 Å². The molecule has 210 valence electrons. The van der Waals surface area contributed by atoms with Crippen LogP contribution in [0.1, 0.15) is 69.8 Å². The maximum absolute atomic E-state index is 14.0. The minimum absolute atomic E-state index is 0.0414. The van der Waals surface area contributed by atoms with E-state index < -0.39 is 17.2 Å². The monoisotopic (exact) mass is 536 g/mol. The van der Waals surface area contributed by atoms with Crippen LogP contribution in [0.2, 0.25) is 0 Å². The summed E-state index contributed by atoms with van der Waals surface area (Å²) in [7, 11) is 0. The summed E-state index contributed by atoms with van der Waals surface area (Å²) in [6.07, 6.45) is 0.332. The van der Waals surface area contributed by atoms with Crippen molar-refractivity contribution in [2.75, 3.05) is 26.2 Å². The van der Waals surface area contributed by atoms with Crippen LogP contribution in [0.3, 0.4) is 0 Å². The van der Waals surface area contributed by atoms with E-state index in [9.17, 15) is 14.4 Å². The van der Waals surface area contributed by atoms with Gasteiger partial charge in [-0.1, -0.05) is 42.5 Å². The van der Waals surface area contributed by atoms with Crippen molar-refractivity contribution < 1.29 is 28.6 Å². The van der Waals surface area contributed by atoms with Crippen LogP contribution in [0, 0.1) is 5.92 Å². The lowest BCUT2D eigenvalue weighted by Gasteiger charge is -2.39. The molecule has 0 aromatic heterocycles. The van der Waals surface area contributed by atoms with Crippen LogP contribution in [0.15, 0.2) is 54.6 Å². The molecule has 0 unspecified atom stereocenters. The van der Waals surface area contributed by atoms with Crippen LogP contribution < -0.4 is 4.74 Å². The van der Waals surface area contributed by atoms with Crippen molar-refractivity contribution in [2.45, 2.75) is 71.1 Å². The highest BCUT2D eigenvalue weighted by atomic mass is 16.6. The molecule has 2 amide bonds. The van der Waals surface area contributed by atoms with Gasteiger partial charge < -0.3 is 24.0 Å². The third-order valence-electron chi connectivity index (χ3n) is 6.95. The number of esters is 1. The molecule has 8 nitrogen and oxygen atoms in total. The molecule has 0 aliphatic carbocycles. The Morgan fingerprint density at radius 2 is 1.49 bits per heavy atom. The maximum Gasteiger partial charge on any atom is 0.410 e. The fraction of sp³-hybridized carbons (Fsp3) is 0.516. The summed E-state index contributed by atoms with van der Waals surface area (Å²) >= 11 is 0. The van der Waals surface area contributed by atoms with E-state index >= 15 is 0 Å². The smallest absolute Gasteiger partial charge is 0.410 e. The molecular formula is C31H40N2O6. The average Bonchev–Trinajstić information content (AvgIpc) is 3.25. The van der Waals surface area contributed by atoms with Crippen molar-refractivity contribution in [1.82, 2.24) is 9.80 Å². The lowest BCUT2D eigenvalue weighted by Crippen LogP contribution is -2.50. The van der Waals surface area contributed by atoms with E-state index in [-0.39, 0.29) is 36.5 Å². The largest absolute Gasteiger partial charge is 0.481 e. The van der Waals surface area contributed by atoms with Crippen molar-refractivity contribution in [1.29, 1.82) is 0 Å². The van der Waals surface area contributed by atoms with Gasteiger partial charge in [0.15, 0.2) is 6.61 Å². The van der Waals surface area contributed by atoms with E-state index in [1.165, 1.54) is 0 Å². The van der Waals surface area contributed by atoms with Crippen LogP contribution in [0.25, 0.3) is 0 Å². The molecule has 0 spiro atoms. The number of nitrogens with zero attached hydrogens (tertiary/aromatic N) is 2. The Balaban J connectivity index is 1.56. The van der Waals surface area contributed by atoms with Crippen LogP contribution >= 0.6 is 0 Å². The second kappa shape index (κ2) is 11.3. The zero-order valence-corrected chi connectivity index (χ0v) is 23.8. The van der Waals surface area contributed by atoms with Crippen molar-refractivity contribution in [3.63, 3.8) is 0 Å². The minimum atomic E-state index is -0.624. The molecule has 0 saturated carbocycles. The molecule has 0 N–H and O–H groups in total. The molecule has 2 heterocycles. The molecule has 8 heteroatoms. The normalized spacial score (nSPS) is 21.2. The van der Waals surface area contributed by atoms with Crippen molar-refractivity contribution in [3.05, 3.63) is 65.7 Å². The number of carbonyl (C=O) groups is 3. The maximum atomic E-state index is 14.0. The number of rotatable bonds is 5. The number of fused-ring (bicyclic) bond motifs is 1. The van der Waals surface area contributed by atoms with Crippen molar-refractivity contribution >= 4 is 18.0 Å². The molecule has 2 aliphatic rings. The first-order valence-corrected chi connectivity index (χ1v) is 13.6. The summed E-state index contributed by atoms with van der Waals surface area (Å²) in [5.74, 6) is -0.162. The van der Waals surface area contributed by atoms with Gasteiger partial charge in [0.2, 0.25) is 0 Å². The SMILES string of the molecule is CC(C)(C)OC(=O)COc1ccccc1C(=O)N1C[C@@H](c2ccccc2)[C@@H]2CN(C(=O)OC(C)(C)C)CC[C@@H]21. The lowest BCUT2D eigenvalue weighted by atomic mass is 9.82. The molecule has 2 saturated heterocycles. The Kier molecular flexibility index (Phi) is 8.23. The summed E-state index contributed by atoms with van der Waals surface area (Å²) in [5.41, 5.74) is 0.348. The molecule has 39 heavy (non-hydrogen) atoms. The van der Waals surface area contributed by atoms with E-state index in [0.717, 1.165) is 5.56 Å². The Labute approximate surface area is 231 Å². The molecule has 0 radical (unpaired) electrons. The third-order valence-corrected chi connectivity index (χ3v) is 6.95. The van der Waals surface area contributed by atoms with E-state index in [1.807, 2.05) is 43.9 Å². The number of hydrogen-bond donors (Lipinski definition) is 0. The average molecular weight is 537 g/mol. The highest BCUT2D eigenvalue weighted by Crippen LogP contribution is 2.43. The highest BCUT2D eigenvalue weighted by molar-refractivity contribution is 5.97. The number of carbonyl (C=O) groups excluding carboxylic acids is 3. The number of amides is 2. The molecule has 0 bridgehead atoms. The van der Waals surface area contributed by atoms with Crippen LogP contribution in [-0.4, -0.2) is 71.3 Å². The number of benzene rings is 2. The fourth-order valence-corrected chi connectivity index (χ4v) is 5.44. The lowest BCUT2D eigenvalue weighted by molar-refractivity contribution is -0.157. The first-order valence-electron chi connectivity index (χ1n) is 13.6. The van der Waals surface area contributed by atoms with Gasteiger partial charge >= 0.3 is 12.1 Å². The van der Waals surface area contributed by atoms with Gasteiger partial charge in [-0.3, -0.25) is 4.79 Å². The predicted octanol–water partition coefficient (Wildman–Crippen LogP) is 5.27. The first-order chi connectivity index (χ1) is 18.3. The first kappa shape index (κ1) is 28.5. The van der Waals surface area contributed by atoms with Gasteiger partial charge in [-0.05, 0) is 65.7 Å². The summed E-state index contributed by atoms with van der Waals surface area (Å²) in [4.78, 5) is 42.8. The summed E-state index contributed by atoms with van der Waals surface area (Å²) in [5, 5.41) is 0. The molecule has 2 aromatic rings. The third kappa shape index (κ3) is 7.11. The van der Waals surface area contributed by atoms with E-state index in [1.54, 1.807) is 49.9 Å². The summed E-state index contributed by atoms with van der Waals surface area (Å²) in [6, 6.07) is 17.1. The van der Waals surface area contributed by atoms with Gasteiger partial charge in [0.1, 0.15) is 17.0 Å². The van der Waals surface area contributed by atoms with Crippen LogP contribution in [0.5, 0.6) is 5.75 Å². The molecule has 2 aromatic carbocycles. The number of para-hydroxylation sites is 1. The Hall–Kier alpha value is -3.55. The topological polar surface area (TPSA) is 85.4 Å². The second-order valence-electron chi connectivity index (χ2n) is 12.3. The number of piperidine rings is 1. The zero-order chi connectivity index (χ0) is 28.4. The van der Waals surface area contributed by atoms with Gasteiger partial charge in [-0.25, -0.2) is 9.59 Å². The highest BCUT2D eigenvalue weighted by Gasteiger charge is 2.48. The van der Waals surface area contributed by atoms with E-state index in [0.29, 0.717) is 37.4 Å². The fourth-order valence-electron chi connectivity index (χ4n) is 5.44. The van der Waals surface area contributed by atoms with Crippen LogP contribution in [-0.2, 0) is 14.3 Å². The van der Waals surface area contributed by atoms with Crippen molar-refractivity contribution in [2.24, 2.45) is 5.92 Å². The Morgan fingerprint density at radius 3 is 2.15 bits per heavy atom. The van der Waals surface area contributed by atoms with Gasteiger partial charge in [0.25, 0.3) is 5.91 Å². The molecule has 4 rings (SSSR count). The summed E-state index contributed by atoms with van der Waals surface area (Å²) < 4.78 is 16.8. The minimum Gasteiger partial charge on any atom is -0.481 e. The molecule has 3 atom stereocenters. The second-order valence-corrected chi connectivity index (χ2v) is 12.3. The van der Waals surface area contributed by atoms with Gasteiger partial charge in [-0.15, -0.1) is 0 Å².